The number of benzene rings is 7. The van der Waals surface area contributed by atoms with Crippen molar-refractivity contribution in [1.29, 1.82) is 0 Å². The van der Waals surface area contributed by atoms with E-state index in [9.17, 15) is 0 Å². The summed E-state index contributed by atoms with van der Waals surface area (Å²) >= 11 is 1.82. The van der Waals surface area contributed by atoms with Crippen molar-refractivity contribution in [2.24, 2.45) is 0 Å². The minimum atomic E-state index is 0.679. The predicted octanol–water partition coefficient (Wildman–Crippen LogP) is 12.5. The third kappa shape index (κ3) is 3.78. The van der Waals surface area contributed by atoms with Gasteiger partial charge in [0, 0.05) is 42.3 Å². The fourth-order valence-electron chi connectivity index (χ4n) is 7.47. The van der Waals surface area contributed by atoms with Crippen LogP contribution in [0.25, 0.3) is 91.1 Å². The second-order valence-corrected chi connectivity index (χ2v) is 13.1. The Morgan fingerprint density at radius 3 is 1.66 bits per heavy atom. The highest BCUT2D eigenvalue weighted by Gasteiger charge is 2.18. The standard InChI is InChI=1S/C43H25N3S/c1-44-29-20-23-41-36(26-29)34-21-22-40-42(43(34)47-41)35-16-4-7-19-39(35)46(40)31-13-9-11-28(25-31)27-10-8-12-30(24-27)45-37-17-5-2-14-32(37)33-15-3-6-18-38(33)45/h2-26H. The molecule has 4 heteroatoms. The number of hydrogen-bond acceptors (Lipinski definition) is 1. The first-order valence-electron chi connectivity index (χ1n) is 15.7. The molecule has 0 aliphatic carbocycles. The predicted molar refractivity (Wildman–Crippen MR) is 200 cm³/mol. The van der Waals surface area contributed by atoms with E-state index < -0.39 is 0 Å². The Balaban J connectivity index is 1.17. The van der Waals surface area contributed by atoms with Crippen molar-refractivity contribution in [1.82, 2.24) is 9.13 Å². The number of thiophene rings is 1. The summed E-state index contributed by atoms with van der Waals surface area (Å²) in [5.41, 5.74) is 10.1. The number of hydrogen-bond donors (Lipinski definition) is 0. The molecule has 0 unspecified atom stereocenters. The van der Waals surface area contributed by atoms with Crippen LogP contribution in [0.2, 0.25) is 0 Å². The molecule has 0 saturated heterocycles. The number of aromatic nitrogens is 2. The van der Waals surface area contributed by atoms with Gasteiger partial charge in [0.15, 0.2) is 5.69 Å². The van der Waals surface area contributed by atoms with Gasteiger partial charge in [0.1, 0.15) is 0 Å². The van der Waals surface area contributed by atoms with Gasteiger partial charge in [-0.3, -0.25) is 0 Å². The molecule has 3 nitrogen and oxygen atoms in total. The quantitative estimate of drug-likeness (QED) is 0.176. The molecule has 3 heterocycles. The Labute approximate surface area is 274 Å². The lowest BCUT2D eigenvalue weighted by Crippen LogP contribution is -1.96. The molecule has 0 aliphatic rings. The lowest BCUT2D eigenvalue weighted by atomic mass is 10.0. The van der Waals surface area contributed by atoms with Crippen LogP contribution < -0.4 is 0 Å². The van der Waals surface area contributed by atoms with Crippen LogP contribution in [0.5, 0.6) is 0 Å². The maximum absolute atomic E-state index is 7.53. The normalized spacial score (nSPS) is 11.8. The van der Waals surface area contributed by atoms with Crippen molar-refractivity contribution in [2.75, 3.05) is 0 Å². The minimum Gasteiger partial charge on any atom is -0.309 e. The van der Waals surface area contributed by atoms with Crippen LogP contribution in [0.1, 0.15) is 0 Å². The lowest BCUT2D eigenvalue weighted by molar-refractivity contribution is 1.17. The largest absolute Gasteiger partial charge is 0.309 e. The van der Waals surface area contributed by atoms with Gasteiger partial charge in [0.25, 0.3) is 0 Å². The maximum atomic E-state index is 7.53. The molecule has 0 aliphatic heterocycles. The summed E-state index contributed by atoms with van der Waals surface area (Å²) in [6, 6.07) is 54.4. The van der Waals surface area contributed by atoms with Gasteiger partial charge in [-0.05, 0) is 76.5 Å². The Bertz CT molecular complexity index is 2880. The summed E-state index contributed by atoms with van der Waals surface area (Å²) in [6.07, 6.45) is 0. The van der Waals surface area contributed by atoms with E-state index in [1.165, 1.54) is 69.5 Å². The Morgan fingerprint density at radius 2 is 1.02 bits per heavy atom. The molecule has 0 atom stereocenters. The number of nitrogens with zero attached hydrogens (tertiary/aromatic N) is 3. The first-order valence-corrected chi connectivity index (χ1v) is 16.5. The first-order chi connectivity index (χ1) is 23.3. The highest BCUT2D eigenvalue weighted by atomic mass is 32.1. The third-order valence-corrected chi connectivity index (χ3v) is 10.7. The molecule has 10 aromatic rings. The van der Waals surface area contributed by atoms with E-state index >= 15 is 0 Å². The first kappa shape index (κ1) is 26.1. The molecular formula is C43H25N3S. The minimum absolute atomic E-state index is 0.679. The summed E-state index contributed by atoms with van der Waals surface area (Å²) in [5.74, 6) is 0. The molecule has 0 bridgehead atoms. The van der Waals surface area contributed by atoms with E-state index in [-0.39, 0.29) is 0 Å². The molecule has 7 aromatic carbocycles. The fourth-order valence-corrected chi connectivity index (χ4v) is 8.71. The van der Waals surface area contributed by atoms with E-state index in [0.717, 1.165) is 16.8 Å². The topological polar surface area (TPSA) is 14.2 Å². The average molecular weight is 616 g/mol. The van der Waals surface area contributed by atoms with Gasteiger partial charge < -0.3 is 9.13 Å². The molecule has 10 rings (SSSR count). The van der Waals surface area contributed by atoms with Crippen molar-refractivity contribution in [3.8, 4) is 22.5 Å². The van der Waals surface area contributed by atoms with Gasteiger partial charge in [0.2, 0.25) is 0 Å². The summed E-state index contributed by atoms with van der Waals surface area (Å²) in [4.78, 5) is 3.69. The SMILES string of the molecule is [C-]#[N+]c1ccc2sc3c(ccc4c3c3ccccc3n4-c3cccc(-c4cccc(-n5c6ccccc6c6ccccc65)c4)c3)c2c1. The zero-order chi connectivity index (χ0) is 31.1. The Morgan fingerprint density at radius 1 is 0.447 bits per heavy atom. The van der Waals surface area contributed by atoms with E-state index in [0.29, 0.717) is 5.69 Å². The molecule has 0 fully saturated rings. The van der Waals surface area contributed by atoms with Crippen LogP contribution in [0.4, 0.5) is 5.69 Å². The molecular weight excluding hydrogens is 591 g/mol. The molecule has 0 N–H and O–H groups in total. The molecule has 3 aromatic heterocycles. The van der Waals surface area contributed by atoms with Crippen LogP contribution >= 0.6 is 11.3 Å². The van der Waals surface area contributed by atoms with Gasteiger partial charge in [0.05, 0.1) is 28.6 Å². The van der Waals surface area contributed by atoms with Crippen LogP contribution in [0.3, 0.4) is 0 Å². The molecule has 218 valence electrons. The van der Waals surface area contributed by atoms with Crippen molar-refractivity contribution >= 4 is 80.8 Å². The van der Waals surface area contributed by atoms with Gasteiger partial charge >= 0.3 is 0 Å². The second kappa shape index (κ2) is 9.92. The molecule has 0 spiro atoms. The number of para-hydroxylation sites is 3. The van der Waals surface area contributed by atoms with E-state index in [4.69, 9.17) is 6.57 Å². The lowest BCUT2D eigenvalue weighted by Gasteiger charge is -2.12. The summed E-state index contributed by atoms with van der Waals surface area (Å²) < 4.78 is 7.26. The van der Waals surface area contributed by atoms with Crippen molar-refractivity contribution < 1.29 is 0 Å². The Hall–Kier alpha value is -6.15. The number of fused-ring (bicyclic) bond motifs is 10. The maximum Gasteiger partial charge on any atom is 0.187 e. The van der Waals surface area contributed by atoms with Gasteiger partial charge in [-0.1, -0.05) is 97.1 Å². The van der Waals surface area contributed by atoms with Gasteiger partial charge in [-0.25, -0.2) is 4.85 Å². The molecule has 0 amide bonds. The van der Waals surface area contributed by atoms with Crippen molar-refractivity contribution in [3.05, 3.63) is 163 Å². The summed E-state index contributed by atoms with van der Waals surface area (Å²) in [6.45, 7) is 7.53. The average Bonchev–Trinajstić information content (AvgIpc) is 3.79. The zero-order valence-electron chi connectivity index (χ0n) is 25.2. The van der Waals surface area contributed by atoms with Crippen molar-refractivity contribution in [2.45, 2.75) is 0 Å². The van der Waals surface area contributed by atoms with Gasteiger partial charge in [-0.2, -0.15) is 0 Å². The third-order valence-electron chi connectivity index (χ3n) is 9.51. The smallest absolute Gasteiger partial charge is 0.187 e. The second-order valence-electron chi connectivity index (χ2n) is 12.1. The zero-order valence-corrected chi connectivity index (χ0v) is 26.0. The molecule has 47 heavy (non-hydrogen) atoms. The van der Waals surface area contributed by atoms with Crippen LogP contribution in [0, 0.1) is 6.57 Å². The highest BCUT2D eigenvalue weighted by Crippen LogP contribution is 2.44. The molecule has 0 radical (unpaired) electrons. The Kier molecular flexibility index (Phi) is 5.51. The van der Waals surface area contributed by atoms with Crippen molar-refractivity contribution in [3.63, 3.8) is 0 Å². The summed E-state index contributed by atoms with van der Waals surface area (Å²) in [7, 11) is 0. The molecule has 0 saturated carbocycles. The fraction of sp³-hybridized carbons (Fsp3) is 0. The van der Waals surface area contributed by atoms with Crippen LogP contribution in [-0.2, 0) is 0 Å². The van der Waals surface area contributed by atoms with E-state index in [1.807, 2.05) is 23.5 Å². The number of rotatable bonds is 3. The van der Waals surface area contributed by atoms with Crippen LogP contribution in [-0.4, -0.2) is 9.13 Å². The van der Waals surface area contributed by atoms with E-state index in [1.54, 1.807) is 0 Å². The van der Waals surface area contributed by atoms with Gasteiger partial charge in [-0.15, -0.1) is 11.3 Å². The van der Waals surface area contributed by atoms with Crippen LogP contribution in [0.15, 0.2) is 152 Å². The summed E-state index contributed by atoms with van der Waals surface area (Å²) in [5, 5.41) is 7.40. The van der Waals surface area contributed by atoms with E-state index in [2.05, 4.69) is 154 Å². The highest BCUT2D eigenvalue weighted by molar-refractivity contribution is 7.26. The monoisotopic (exact) mass is 615 g/mol.